The third kappa shape index (κ3) is 3.81. The van der Waals surface area contributed by atoms with Gasteiger partial charge in [-0.15, -0.1) is 0 Å². The van der Waals surface area contributed by atoms with Gasteiger partial charge in [-0.05, 0) is 31.0 Å². The zero-order valence-corrected chi connectivity index (χ0v) is 11.6. The van der Waals surface area contributed by atoms with Gasteiger partial charge in [0.2, 0.25) is 10.0 Å². The van der Waals surface area contributed by atoms with Crippen molar-refractivity contribution < 1.29 is 12.8 Å². The number of anilines is 2. The summed E-state index contributed by atoms with van der Waals surface area (Å²) in [4.78, 5) is 0. The van der Waals surface area contributed by atoms with Gasteiger partial charge in [-0.1, -0.05) is 0 Å². The number of nitrogens with one attached hydrogen (secondary N) is 1. The number of sulfonamides is 1. The summed E-state index contributed by atoms with van der Waals surface area (Å²) >= 11 is 0. The van der Waals surface area contributed by atoms with E-state index in [4.69, 9.17) is 5.73 Å². The molecule has 0 unspecified atom stereocenters. The Hall–Kier alpha value is -1.34. The number of hydrogen-bond donors (Lipinski definition) is 2. The largest absolute Gasteiger partial charge is 0.399 e. The van der Waals surface area contributed by atoms with Gasteiger partial charge in [0, 0.05) is 30.5 Å². The Kier molecular flexibility index (Phi) is 3.96. The van der Waals surface area contributed by atoms with Crippen LogP contribution in [0.15, 0.2) is 18.2 Å². The molecule has 1 heterocycles. The van der Waals surface area contributed by atoms with Crippen LogP contribution in [0.5, 0.6) is 0 Å². The summed E-state index contributed by atoms with van der Waals surface area (Å²) < 4.78 is 37.4. The summed E-state index contributed by atoms with van der Waals surface area (Å²) in [5.74, 6) is -0.379. The van der Waals surface area contributed by atoms with E-state index in [0.717, 1.165) is 0 Å². The lowest BCUT2D eigenvalue weighted by atomic mass is 10.1. The molecular weight excluding hydrogens is 269 g/mol. The number of nitrogens with two attached hydrogens (primary N) is 1. The van der Waals surface area contributed by atoms with Crippen LogP contribution < -0.4 is 11.1 Å². The highest BCUT2D eigenvalue weighted by Gasteiger charge is 2.24. The first-order chi connectivity index (χ1) is 8.84. The van der Waals surface area contributed by atoms with Crippen LogP contribution in [0.4, 0.5) is 15.8 Å². The van der Waals surface area contributed by atoms with Crippen LogP contribution in [0.1, 0.15) is 12.8 Å². The molecule has 0 atom stereocenters. The third-order valence-corrected chi connectivity index (χ3v) is 4.52. The molecular formula is C12H18FN3O2S. The lowest BCUT2D eigenvalue weighted by Crippen LogP contribution is -2.41. The Morgan fingerprint density at radius 1 is 1.32 bits per heavy atom. The minimum atomic E-state index is -3.11. The lowest BCUT2D eigenvalue weighted by molar-refractivity contribution is 0.332. The fourth-order valence-corrected chi connectivity index (χ4v) is 3.14. The summed E-state index contributed by atoms with van der Waals surface area (Å²) in [7, 11) is -3.11. The molecule has 19 heavy (non-hydrogen) atoms. The van der Waals surface area contributed by atoms with Crippen LogP contribution in [-0.4, -0.2) is 38.1 Å². The van der Waals surface area contributed by atoms with Gasteiger partial charge < -0.3 is 11.1 Å². The molecule has 0 amide bonds. The quantitative estimate of drug-likeness (QED) is 0.820. The molecule has 0 radical (unpaired) electrons. The van der Waals surface area contributed by atoms with E-state index in [2.05, 4.69) is 5.32 Å². The molecule has 106 valence electrons. The average Bonchev–Trinajstić information content (AvgIpc) is 2.26. The van der Waals surface area contributed by atoms with E-state index in [1.807, 2.05) is 0 Å². The highest BCUT2D eigenvalue weighted by atomic mass is 32.2. The van der Waals surface area contributed by atoms with Crippen molar-refractivity contribution >= 4 is 21.4 Å². The maximum atomic E-state index is 13.2. The highest BCUT2D eigenvalue weighted by Crippen LogP contribution is 2.21. The molecule has 1 saturated heterocycles. The van der Waals surface area contributed by atoms with Crippen molar-refractivity contribution in [2.75, 3.05) is 30.4 Å². The number of halogens is 1. The lowest BCUT2D eigenvalue weighted by Gasteiger charge is -2.31. The summed E-state index contributed by atoms with van der Waals surface area (Å²) in [5.41, 5.74) is 6.58. The van der Waals surface area contributed by atoms with Gasteiger partial charge >= 0.3 is 0 Å². The van der Waals surface area contributed by atoms with Crippen LogP contribution in [-0.2, 0) is 10.0 Å². The van der Waals surface area contributed by atoms with Gasteiger partial charge in [0.15, 0.2) is 0 Å². The van der Waals surface area contributed by atoms with Crippen molar-refractivity contribution in [3.8, 4) is 0 Å². The maximum Gasteiger partial charge on any atom is 0.211 e. The average molecular weight is 287 g/mol. The van der Waals surface area contributed by atoms with Crippen LogP contribution in [0.3, 0.4) is 0 Å². The fraction of sp³-hybridized carbons (Fsp3) is 0.500. The van der Waals surface area contributed by atoms with E-state index < -0.39 is 10.0 Å². The Morgan fingerprint density at radius 3 is 2.47 bits per heavy atom. The molecule has 3 N–H and O–H groups in total. The van der Waals surface area contributed by atoms with Gasteiger partial charge in [0.1, 0.15) is 5.82 Å². The van der Waals surface area contributed by atoms with Gasteiger partial charge in [-0.2, -0.15) is 0 Å². The molecule has 1 aliphatic rings. The Bertz CT molecular complexity index is 534. The minimum absolute atomic E-state index is 0.138. The van der Waals surface area contributed by atoms with E-state index in [1.165, 1.54) is 22.7 Å². The van der Waals surface area contributed by atoms with Gasteiger partial charge in [-0.3, -0.25) is 0 Å². The SMILES string of the molecule is CS(=O)(=O)N1CCC(Nc2cc(N)cc(F)c2)CC1. The number of nitrogens with zero attached hydrogens (tertiary/aromatic N) is 1. The standard InChI is InChI=1S/C12H18FN3O2S/c1-19(17,18)16-4-2-11(3-5-16)15-12-7-9(13)6-10(14)8-12/h6-8,11,15H,2-5,14H2,1H3. The number of hydrogen-bond acceptors (Lipinski definition) is 4. The highest BCUT2D eigenvalue weighted by molar-refractivity contribution is 7.88. The maximum absolute atomic E-state index is 13.2. The molecule has 1 aromatic carbocycles. The molecule has 1 aliphatic heterocycles. The molecule has 0 bridgehead atoms. The molecule has 1 aromatic rings. The Balaban J connectivity index is 1.96. The van der Waals surface area contributed by atoms with Gasteiger partial charge in [-0.25, -0.2) is 17.1 Å². The van der Waals surface area contributed by atoms with Crippen LogP contribution >= 0.6 is 0 Å². The summed E-state index contributed by atoms with van der Waals surface area (Å²) in [6, 6.07) is 4.46. The van der Waals surface area contributed by atoms with Gasteiger partial charge in [0.25, 0.3) is 0 Å². The van der Waals surface area contributed by atoms with E-state index in [9.17, 15) is 12.8 Å². The monoisotopic (exact) mass is 287 g/mol. The van der Waals surface area contributed by atoms with E-state index in [-0.39, 0.29) is 11.9 Å². The van der Waals surface area contributed by atoms with Crippen LogP contribution in [0.2, 0.25) is 0 Å². The smallest absolute Gasteiger partial charge is 0.211 e. The summed E-state index contributed by atoms with van der Waals surface area (Å²) in [6.07, 6.45) is 2.61. The first-order valence-electron chi connectivity index (χ1n) is 6.12. The molecule has 1 fully saturated rings. The molecule has 0 aliphatic carbocycles. The van der Waals surface area contributed by atoms with Crippen molar-refractivity contribution in [2.24, 2.45) is 0 Å². The summed E-state index contributed by atoms with van der Waals surface area (Å²) in [5, 5.41) is 3.19. The first-order valence-corrected chi connectivity index (χ1v) is 7.97. The van der Waals surface area contributed by atoms with Crippen molar-refractivity contribution in [1.29, 1.82) is 0 Å². The zero-order chi connectivity index (χ0) is 14.0. The first kappa shape index (κ1) is 14.1. The van der Waals surface area contributed by atoms with Crippen LogP contribution in [0.25, 0.3) is 0 Å². The molecule has 5 nitrogen and oxygen atoms in total. The Morgan fingerprint density at radius 2 is 1.95 bits per heavy atom. The third-order valence-electron chi connectivity index (χ3n) is 3.21. The second kappa shape index (κ2) is 5.34. The fourth-order valence-electron chi connectivity index (χ4n) is 2.26. The predicted octanol–water partition coefficient (Wildman–Crippen LogP) is 1.24. The topological polar surface area (TPSA) is 75.4 Å². The normalized spacial score (nSPS) is 18.4. The molecule has 0 spiro atoms. The molecule has 0 aromatic heterocycles. The van der Waals surface area contributed by atoms with E-state index in [1.54, 1.807) is 6.07 Å². The van der Waals surface area contributed by atoms with Gasteiger partial charge in [0.05, 0.1) is 6.26 Å². The number of nitrogen functional groups attached to an aromatic ring is 1. The second-order valence-electron chi connectivity index (χ2n) is 4.85. The number of benzene rings is 1. The van der Waals surface area contributed by atoms with E-state index in [0.29, 0.717) is 37.3 Å². The van der Waals surface area contributed by atoms with E-state index >= 15 is 0 Å². The second-order valence-corrected chi connectivity index (χ2v) is 6.84. The molecule has 0 saturated carbocycles. The van der Waals surface area contributed by atoms with Crippen molar-refractivity contribution in [3.63, 3.8) is 0 Å². The van der Waals surface area contributed by atoms with Crippen LogP contribution in [0, 0.1) is 5.82 Å². The Labute approximate surface area is 112 Å². The number of piperidine rings is 1. The molecule has 2 rings (SSSR count). The molecule has 7 heteroatoms. The van der Waals surface area contributed by atoms with Crippen molar-refractivity contribution in [1.82, 2.24) is 4.31 Å². The van der Waals surface area contributed by atoms with Crippen molar-refractivity contribution in [2.45, 2.75) is 18.9 Å². The minimum Gasteiger partial charge on any atom is -0.399 e. The van der Waals surface area contributed by atoms with Crippen molar-refractivity contribution in [3.05, 3.63) is 24.0 Å². The summed E-state index contributed by atoms with van der Waals surface area (Å²) in [6.45, 7) is 0.975. The number of rotatable bonds is 3. The predicted molar refractivity (Wildman–Crippen MR) is 73.9 cm³/mol. The zero-order valence-electron chi connectivity index (χ0n) is 10.8.